The van der Waals surface area contributed by atoms with Crippen LogP contribution in [0.5, 0.6) is 5.75 Å². The standard InChI is InChI=1S/C20H27N3O3/c1-13(2)15-9-8-14(3)10-16(15)21-22-19(24)11-23-17-6-4-5-7-18(17)26-12-20(23)25/h4-7,13-15H,8-12H2,1-3H3,(H,22,24)/b21-16-/t14-,15+/m0/s1. The number of rotatable bonds is 4. The van der Waals surface area contributed by atoms with Crippen LogP contribution in [0.2, 0.25) is 0 Å². The van der Waals surface area contributed by atoms with E-state index in [2.05, 4.69) is 31.3 Å². The van der Waals surface area contributed by atoms with E-state index in [1.807, 2.05) is 12.1 Å². The van der Waals surface area contributed by atoms with E-state index in [0.29, 0.717) is 29.2 Å². The second-order valence-corrected chi connectivity index (χ2v) is 7.61. The zero-order valence-corrected chi connectivity index (χ0v) is 15.7. The third-order valence-electron chi connectivity index (χ3n) is 5.20. The summed E-state index contributed by atoms with van der Waals surface area (Å²) in [6, 6.07) is 7.24. The molecule has 26 heavy (non-hydrogen) atoms. The van der Waals surface area contributed by atoms with Crippen molar-refractivity contribution in [3.05, 3.63) is 24.3 Å². The molecule has 1 heterocycles. The fourth-order valence-corrected chi connectivity index (χ4v) is 3.73. The molecule has 2 aliphatic rings. The summed E-state index contributed by atoms with van der Waals surface area (Å²) in [5.74, 6) is 1.62. The van der Waals surface area contributed by atoms with Crippen LogP contribution in [-0.4, -0.2) is 30.7 Å². The third-order valence-corrected chi connectivity index (χ3v) is 5.20. The largest absolute Gasteiger partial charge is 0.482 e. The smallest absolute Gasteiger partial charge is 0.265 e. The number of hydrogen-bond acceptors (Lipinski definition) is 4. The summed E-state index contributed by atoms with van der Waals surface area (Å²) in [6.45, 7) is 6.50. The first kappa shape index (κ1) is 18.4. The van der Waals surface area contributed by atoms with Crippen molar-refractivity contribution in [2.45, 2.75) is 40.0 Å². The van der Waals surface area contributed by atoms with Gasteiger partial charge in [-0.2, -0.15) is 5.10 Å². The summed E-state index contributed by atoms with van der Waals surface area (Å²) in [5, 5.41) is 4.43. The lowest BCUT2D eigenvalue weighted by atomic mass is 9.76. The molecule has 0 aromatic heterocycles. The second-order valence-electron chi connectivity index (χ2n) is 7.61. The fourth-order valence-electron chi connectivity index (χ4n) is 3.73. The summed E-state index contributed by atoms with van der Waals surface area (Å²) < 4.78 is 5.40. The van der Waals surface area contributed by atoms with E-state index in [-0.39, 0.29) is 25.0 Å². The van der Waals surface area contributed by atoms with Gasteiger partial charge in [0.2, 0.25) is 0 Å². The molecule has 1 aromatic carbocycles. The first-order chi connectivity index (χ1) is 12.5. The number of nitrogens with one attached hydrogen (secondary N) is 1. The number of carbonyl (C=O) groups is 2. The Morgan fingerprint density at radius 2 is 2.12 bits per heavy atom. The average molecular weight is 357 g/mol. The molecule has 0 spiro atoms. The minimum Gasteiger partial charge on any atom is -0.482 e. The van der Waals surface area contributed by atoms with Crippen molar-refractivity contribution in [2.75, 3.05) is 18.1 Å². The number of nitrogens with zero attached hydrogens (tertiary/aromatic N) is 2. The molecular weight excluding hydrogens is 330 g/mol. The van der Waals surface area contributed by atoms with Crippen molar-refractivity contribution in [1.29, 1.82) is 0 Å². The number of amides is 2. The molecule has 1 aromatic rings. The van der Waals surface area contributed by atoms with E-state index in [1.54, 1.807) is 12.1 Å². The topological polar surface area (TPSA) is 71.0 Å². The molecule has 6 heteroatoms. The van der Waals surface area contributed by atoms with Crippen LogP contribution >= 0.6 is 0 Å². The lowest BCUT2D eigenvalue weighted by Crippen LogP contribution is -2.44. The molecule has 1 saturated carbocycles. The predicted octanol–water partition coefficient (Wildman–Crippen LogP) is 2.98. The number of ether oxygens (including phenoxy) is 1. The molecule has 2 amide bonds. The molecule has 140 valence electrons. The Morgan fingerprint density at radius 3 is 2.88 bits per heavy atom. The minimum absolute atomic E-state index is 0.0499. The van der Waals surface area contributed by atoms with Crippen LogP contribution in [0, 0.1) is 17.8 Å². The van der Waals surface area contributed by atoms with E-state index in [4.69, 9.17) is 4.74 Å². The zero-order valence-electron chi connectivity index (χ0n) is 15.7. The number of hydrazone groups is 1. The van der Waals surface area contributed by atoms with Gasteiger partial charge >= 0.3 is 0 Å². The first-order valence-corrected chi connectivity index (χ1v) is 9.33. The first-order valence-electron chi connectivity index (χ1n) is 9.33. The van der Waals surface area contributed by atoms with E-state index in [0.717, 1.165) is 18.6 Å². The summed E-state index contributed by atoms with van der Waals surface area (Å²) in [7, 11) is 0. The Balaban J connectivity index is 1.68. The highest BCUT2D eigenvalue weighted by Gasteiger charge is 2.29. The average Bonchev–Trinajstić information content (AvgIpc) is 2.62. The molecule has 0 bridgehead atoms. The van der Waals surface area contributed by atoms with Crippen molar-refractivity contribution >= 4 is 23.2 Å². The van der Waals surface area contributed by atoms with Gasteiger partial charge in [0.15, 0.2) is 6.61 Å². The highest BCUT2D eigenvalue weighted by Crippen LogP contribution is 2.32. The molecule has 0 saturated heterocycles. The number of para-hydroxylation sites is 2. The molecule has 6 nitrogen and oxygen atoms in total. The van der Waals surface area contributed by atoms with Gasteiger partial charge in [-0.3, -0.25) is 14.5 Å². The predicted molar refractivity (Wildman–Crippen MR) is 101 cm³/mol. The van der Waals surface area contributed by atoms with Crippen molar-refractivity contribution in [1.82, 2.24) is 5.43 Å². The Kier molecular flexibility index (Phi) is 5.59. The second kappa shape index (κ2) is 7.89. The van der Waals surface area contributed by atoms with Crippen LogP contribution in [-0.2, 0) is 9.59 Å². The summed E-state index contributed by atoms with van der Waals surface area (Å²) in [4.78, 5) is 26.0. The van der Waals surface area contributed by atoms with Gasteiger partial charge in [-0.15, -0.1) is 0 Å². The highest BCUT2D eigenvalue weighted by molar-refractivity contribution is 6.02. The van der Waals surface area contributed by atoms with Gasteiger partial charge in [0.25, 0.3) is 11.8 Å². The molecule has 3 rings (SSSR count). The van der Waals surface area contributed by atoms with Crippen molar-refractivity contribution in [2.24, 2.45) is 22.9 Å². The van der Waals surface area contributed by atoms with E-state index in [9.17, 15) is 9.59 Å². The van der Waals surface area contributed by atoms with Crippen LogP contribution in [0.15, 0.2) is 29.4 Å². The fraction of sp³-hybridized carbons (Fsp3) is 0.550. The SMILES string of the molecule is CC(C)[C@H]1CC[C@H](C)C/C1=N/NC(=O)CN1C(=O)COc2ccccc21. The van der Waals surface area contributed by atoms with Crippen molar-refractivity contribution in [3.63, 3.8) is 0 Å². The van der Waals surface area contributed by atoms with Crippen LogP contribution in [0.1, 0.15) is 40.0 Å². The molecule has 2 atom stereocenters. The van der Waals surface area contributed by atoms with Gasteiger partial charge in [-0.05, 0) is 43.2 Å². The molecule has 1 aliphatic carbocycles. The maximum absolute atomic E-state index is 12.4. The number of carbonyl (C=O) groups excluding carboxylic acids is 2. The van der Waals surface area contributed by atoms with Crippen LogP contribution in [0.3, 0.4) is 0 Å². The van der Waals surface area contributed by atoms with Crippen LogP contribution < -0.4 is 15.1 Å². The van der Waals surface area contributed by atoms with E-state index >= 15 is 0 Å². The van der Waals surface area contributed by atoms with Crippen LogP contribution in [0.4, 0.5) is 5.69 Å². The number of anilines is 1. The molecule has 1 aliphatic heterocycles. The van der Waals surface area contributed by atoms with Crippen LogP contribution in [0.25, 0.3) is 0 Å². The van der Waals surface area contributed by atoms with Gasteiger partial charge in [-0.1, -0.05) is 32.9 Å². The van der Waals surface area contributed by atoms with Crippen molar-refractivity contribution < 1.29 is 14.3 Å². The molecular formula is C20H27N3O3. The summed E-state index contributed by atoms with van der Waals surface area (Å²) >= 11 is 0. The Morgan fingerprint density at radius 1 is 1.35 bits per heavy atom. The lowest BCUT2D eigenvalue weighted by Gasteiger charge is -2.31. The quantitative estimate of drug-likeness (QED) is 0.842. The van der Waals surface area contributed by atoms with Crippen molar-refractivity contribution in [3.8, 4) is 5.75 Å². The van der Waals surface area contributed by atoms with Gasteiger partial charge in [0, 0.05) is 11.6 Å². The maximum Gasteiger partial charge on any atom is 0.265 e. The van der Waals surface area contributed by atoms with Gasteiger partial charge in [0.1, 0.15) is 12.3 Å². The highest BCUT2D eigenvalue weighted by atomic mass is 16.5. The number of hydrogen-bond donors (Lipinski definition) is 1. The molecule has 0 radical (unpaired) electrons. The molecule has 1 fully saturated rings. The zero-order chi connectivity index (χ0) is 18.7. The van der Waals surface area contributed by atoms with Gasteiger partial charge in [0.05, 0.1) is 5.69 Å². The number of benzene rings is 1. The molecule has 1 N–H and O–H groups in total. The maximum atomic E-state index is 12.4. The Hall–Kier alpha value is -2.37. The molecule has 0 unspecified atom stereocenters. The van der Waals surface area contributed by atoms with E-state index in [1.165, 1.54) is 11.3 Å². The summed E-state index contributed by atoms with van der Waals surface area (Å²) in [5.41, 5.74) is 4.36. The van der Waals surface area contributed by atoms with Gasteiger partial charge < -0.3 is 4.74 Å². The van der Waals surface area contributed by atoms with Gasteiger partial charge in [-0.25, -0.2) is 5.43 Å². The Labute approximate surface area is 154 Å². The monoisotopic (exact) mass is 357 g/mol. The number of fused-ring (bicyclic) bond motifs is 1. The normalized spacial score (nSPS) is 24.4. The third kappa shape index (κ3) is 4.06. The summed E-state index contributed by atoms with van der Waals surface area (Å²) in [6.07, 6.45) is 3.24. The van der Waals surface area contributed by atoms with E-state index < -0.39 is 0 Å². The Bertz CT molecular complexity index is 714. The lowest BCUT2D eigenvalue weighted by molar-refractivity contribution is -0.125. The minimum atomic E-state index is -0.289.